The average Bonchev–Trinajstić information content (AvgIpc) is 2.79. The number of rotatable bonds is 0. The van der Waals surface area contributed by atoms with Crippen LogP contribution in [0.5, 0.6) is 0 Å². The largest absolute Gasteiger partial charge is 0.264 e. The second-order valence-corrected chi connectivity index (χ2v) is 7.51. The summed E-state index contributed by atoms with van der Waals surface area (Å²) in [6.07, 6.45) is 8.89. The Morgan fingerprint density at radius 1 is 0.536 bits per heavy atom. The first kappa shape index (κ1) is 16.9. The van der Waals surface area contributed by atoms with Crippen LogP contribution in [0.15, 0.2) is 91.3 Å². The fourth-order valence-corrected chi connectivity index (χ4v) is 4.37. The third kappa shape index (κ3) is 3.14. The van der Waals surface area contributed by atoms with Crippen LogP contribution in [0.2, 0.25) is 0 Å². The van der Waals surface area contributed by atoms with Gasteiger partial charge in [-0.2, -0.15) is 0 Å². The Hall–Kier alpha value is -3.19. The molecule has 0 spiro atoms. The fraction of sp³-hybridized carbons (Fsp3) is 0.148. The number of hydrogen-bond donors (Lipinski definition) is 0. The molecule has 0 atom stereocenters. The van der Waals surface area contributed by atoms with Gasteiger partial charge in [-0.05, 0) is 75.2 Å². The van der Waals surface area contributed by atoms with Crippen molar-refractivity contribution in [2.24, 2.45) is 0 Å². The average molecular weight is 361 g/mol. The number of fused-ring (bicyclic) bond motifs is 6. The molecular formula is C27H23N. The summed E-state index contributed by atoms with van der Waals surface area (Å²) < 4.78 is 0. The number of benzene rings is 4. The van der Waals surface area contributed by atoms with Crippen molar-refractivity contribution in [3.63, 3.8) is 0 Å². The van der Waals surface area contributed by atoms with Crippen LogP contribution in [-0.4, -0.2) is 4.98 Å². The van der Waals surface area contributed by atoms with Gasteiger partial charge < -0.3 is 0 Å². The van der Waals surface area contributed by atoms with Crippen molar-refractivity contribution in [1.29, 1.82) is 0 Å². The number of pyridine rings is 1. The molecule has 1 aromatic heterocycles. The third-order valence-corrected chi connectivity index (χ3v) is 5.81. The van der Waals surface area contributed by atoms with Crippen molar-refractivity contribution in [2.45, 2.75) is 25.7 Å². The Kier molecular flexibility index (Phi) is 4.50. The quantitative estimate of drug-likeness (QED) is 0.268. The molecule has 0 bridgehead atoms. The predicted molar refractivity (Wildman–Crippen MR) is 120 cm³/mol. The van der Waals surface area contributed by atoms with Gasteiger partial charge in [0, 0.05) is 12.4 Å². The van der Waals surface area contributed by atoms with Crippen molar-refractivity contribution in [1.82, 2.24) is 4.98 Å². The van der Waals surface area contributed by atoms with Gasteiger partial charge in [0.05, 0.1) is 0 Å². The fourth-order valence-electron chi connectivity index (χ4n) is 4.37. The van der Waals surface area contributed by atoms with E-state index >= 15 is 0 Å². The molecular weight excluding hydrogens is 338 g/mol. The summed E-state index contributed by atoms with van der Waals surface area (Å²) in [6.45, 7) is 0. The van der Waals surface area contributed by atoms with Gasteiger partial charge in [0.25, 0.3) is 0 Å². The Bertz CT molecular complexity index is 1200. The maximum absolute atomic E-state index is 4.01. The van der Waals surface area contributed by atoms with Crippen LogP contribution >= 0.6 is 0 Å². The van der Waals surface area contributed by atoms with Crippen LogP contribution in [0.4, 0.5) is 0 Å². The van der Waals surface area contributed by atoms with E-state index in [0.29, 0.717) is 0 Å². The summed E-state index contributed by atoms with van der Waals surface area (Å²) in [5, 5.41) is 8.09. The van der Waals surface area contributed by atoms with Crippen LogP contribution in [-0.2, 0) is 12.8 Å². The van der Waals surface area contributed by atoms with Crippen molar-refractivity contribution in [3.8, 4) is 0 Å². The topological polar surface area (TPSA) is 12.9 Å². The van der Waals surface area contributed by atoms with Crippen LogP contribution in [0.3, 0.4) is 0 Å². The highest BCUT2D eigenvalue weighted by atomic mass is 14.6. The first-order chi connectivity index (χ1) is 13.9. The minimum absolute atomic E-state index is 1.20. The molecule has 28 heavy (non-hydrogen) atoms. The van der Waals surface area contributed by atoms with Crippen molar-refractivity contribution in [2.75, 3.05) is 0 Å². The zero-order chi connectivity index (χ0) is 18.8. The molecule has 136 valence electrons. The summed E-state index contributed by atoms with van der Waals surface area (Å²) >= 11 is 0. The smallest absolute Gasteiger partial charge is 0.0346 e. The molecule has 0 N–H and O–H groups in total. The summed E-state index contributed by atoms with van der Waals surface area (Å²) in [6, 6.07) is 28.2. The molecule has 1 heteroatoms. The summed E-state index contributed by atoms with van der Waals surface area (Å²) in [5.41, 5.74) is 3.17. The van der Waals surface area contributed by atoms with Gasteiger partial charge in [-0.3, -0.25) is 4.98 Å². The SMILES string of the molecule is c1ccc2c(c1)ccc1c3c(ccc12)CCCC3.c1ccc2cnccc2c1. The molecule has 6 rings (SSSR count). The van der Waals surface area contributed by atoms with Crippen molar-refractivity contribution >= 4 is 32.3 Å². The lowest BCUT2D eigenvalue weighted by Crippen LogP contribution is -2.02. The lowest BCUT2D eigenvalue weighted by molar-refractivity contribution is 0.690. The first-order valence-electron chi connectivity index (χ1n) is 10.1. The van der Waals surface area contributed by atoms with E-state index in [1.165, 1.54) is 58.0 Å². The minimum Gasteiger partial charge on any atom is -0.264 e. The highest BCUT2D eigenvalue weighted by Crippen LogP contribution is 2.33. The molecule has 0 aliphatic heterocycles. The molecule has 1 aliphatic carbocycles. The van der Waals surface area contributed by atoms with E-state index in [2.05, 4.69) is 65.6 Å². The maximum atomic E-state index is 4.01. The third-order valence-electron chi connectivity index (χ3n) is 5.81. The van der Waals surface area contributed by atoms with Crippen molar-refractivity contribution in [3.05, 3.63) is 102 Å². The second kappa shape index (κ2) is 7.44. The normalized spacial score (nSPS) is 13.1. The van der Waals surface area contributed by atoms with Gasteiger partial charge in [0.15, 0.2) is 0 Å². The van der Waals surface area contributed by atoms with E-state index in [0.717, 1.165) is 0 Å². The van der Waals surface area contributed by atoms with Gasteiger partial charge in [0.1, 0.15) is 0 Å². The van der Waals surface area contributed by atoms with Gasteiger partial charge >= 0.3 is 0 Å². The van der Waals surface area contributed by atoms with Gasteiger partial charge in [0.2, 0.25) is 0 Å². The summed E-state index contributed by atoms with van der Waals surface area (Å²) in [5.74, 6) is 0. The molecule has 1 nitrogen and oxygen atoms in total. The lowest BCUT2D eigenvalue weighted by Gasteiger charge is -2.18. The molecule has 4 aromatic carbocycles. The van der Waals surface area contributed by atoms with E-state index < -0.39 is 0 Å². The highest BCUT2D eigenvalue weighted by molar-refractivity contribution is 6.08. The Balaban J connectivity index is 0.000000145. The van der Waals surface area contributed by atoms with Crippen molar-refractivity contribution < 1.29 is 0 Å². The lowest BCUT2D eigenvalue weighted by atomic mass is 9.86. The minimum atomic E-state index is 1.20. The Morgan fingerprint density at radius 3 is 2.18 bits per heavy atom. The van der Waals surface area contributed by atoms with Gasteiger partial charge in [-0.15, -0.1) is 0 Å². The Labute approximate surface area is 165 Å². The van der Waals surface area contributed by atoms with E-state index in [9.17, 15) is 0 Å². The number of aromatic nitrogens is 1. The standard InChI is InChI=1S/C18H16.C9H7N/c1-3-7-15-13(5-1)9-11-18-16-8-4-2-6-14(16)10-12-17(15)18;1-2-4-9-7-10-6-5-8(9)3-1/h1,3,5,7,9-12H,2,4,6,8H2;1-7H. The molecule has 0 radical (unpaired) electrons. The zero-order valence-electron chi connectivity index (χ0n) is 15.9. The monoisotopic (exact) mass is 361 g/mol. The zero-order valence-corrected chi connectivity index (χ0v) is 15.9. The van der Waals surface area contributed by atoms with E-state index in [4.69, 9.17) is 0 Å². The second-order valence-electron chi connectivity index (χ2n) is 7.51. The number of aryl methyl sites for hydroxylation is 2. The summed E-state index contributed by atoms with van der Waals surface area (Å²) in [7, 11) is 0. The van der Waals surface area contributed by atoms with E-state index in [1.54, 1.807) is 11.1 Å². The molecule has 5 aromatic rings. The molecule has 0 saturated heterocycles. The van der Waals surface area contributed by atoms with Crippen LogP contribution in [0, 0.1) is 0 Å². The highest BCUT2D eigenvalue weighted by Gasteiger charge is 2.13. The van der Waals surface area contributed by atoms with Gasteiger partial charge in [-0.1, -0.05) is 72.8 Å². The molecule has 0 amide bonds. The predicted octanol–water partition coefficient (Wildman–Crippen LogP) is 7.11. The molecule has 0 fully saturated rings. The van der Waals surface area contributed by atoms with E-state index in [-0.39, 0.29) is 0 Å². The van der Waals surface area contributed by atoms with Crippen LogP contribution in [0.25, 0.3) is 32.3 Å². The molecule has 0 saturated carbocycles. The molecule has 1 heterocycles. The van der Waals surface area contributed by atoms with Gasteiger partial charge in [-0.25, -0.2) is 0 Å². The molecule has 1 aliphatic rings. The van der Waals surface area contributed by atoms with Crippen LogP contribution in [0.1, 0.15) is 24.0 Å². The Morgan fingerprint density at radius 2 is 1.29 bits per heavy atom. The number of nitrogens with zero attached hydrogens (tertiary/aromatic N) is 1. The van der Waals surface area contributed by atoms with E-state index in [1.807, 2.05) is 30.6 Å². The summed E-state index contributed by atoms with van der Waals surface area (Å²) in [4.78, 5) is 4.01. The number of hydrogen-bond acceptors (Lipinski definition) is 1. The first-order valence-corrected chi connectivity index (χ1v) is 10.1. The van der Waals surface area contributed by atoms with Crippen LogP contribution < -0.4 is 0 Å². The molecule has 0 unspecified atom stereocenters. The maximum Gasteiger partial charge on any atom is 0.0346 e.